The molecular weight excluding hydrogens is 312 g/mol. The maximum absolute atomic E-state index is 12.3. The highest BCUT2D eigenvalue weighted by Crippen LogP contribution is 2.23. The number of non-ortho nitro benzene ring substituents is 1. The minimum Gasteiger partial charge on any atom is -0.457 e. The Labute approximate surface area is 139 Å². The molecule has 0 saturated carbocycles. The Bertz CT molecular complexity index is 703. The molecule has 2 aromatic carbocycles. The number of nitrogens with one attached hydrogen (secondary N) is 1. The van der Waals surface area contributed by atoms with E-state index in [0.29, 0.717) is 18.8 Å². The van der Waals surface area contributed by atoms with Crippen molar-refractivity contribution in [2.45, 2.75) is 6.61 Å². The quantitative estimate of drug-likeness (QED) is 0.346. The van der Waals surface area contributed by atoms with Crippen molar-refractivity contribution in [1.82, 2.24) is 0 Å². The normalized spacial score (nSPS) is 10.2. The van der Waals surface area contributed by atoms with Crippen LogP contribution in [0.3, 0.4) is 0 Å². The Hall–Kier alpha value is -2.93. The maximum atomic E-state index is 12.3. The van der Waals surface area contributed by atoms with Crippen LogP contribution in [0.2, 0.25) is 0 Å². The lowest BCUT2D eigenvalue weighted by molar-refractivity contribution is -0.384. The summed E-state index contributed by atoms with van der Waals surface area (Å²) in [6, 6.07) is 13.3. The Morgan fingerprint density at radius 2 is 1.96 bits per heavy atom. The number of esters is 1. The van der Waals surface area contributed by atoms with Crippen molar-refractivity contribution in [1.29, 1.82) is 0 Å². The highest BCUT2D eigenvalue weighted by Gasteiger charge is 2.18. The molecule has 24 heavy (non-hydrogen) atoms. The molecule has 0 aliphatic rings. The first-order valence-electron chi connectivity index (χ1n) is 7.34. The van der Waals surface area contributed by atoms with Crippen molar-refractivity contribution in [3.05, 3.63) is 69.8 Å². The SMILES string of the molecule is COCCNc1ccc([N+](=O)[O-])cc1C(=O)OCc1ccccc1. The smallest absolute Gasteiger partial charge is 0.340 e. The molecular formula is C17H18N2O5. The van der Waals surface area contributed by atoms with E-state index in [1.54, 1.807) is 7.11 Å². The van der Waals surface area contributed by atoms with Crippen LogP contribution in [0.15, 0.2) is 48.5 Å². The number of anilines is 1. The molecule has 0 saturated heterocycles. The van der Waals surface area contributed by atoms with Crippen LogP contribution < -0.4 is 5.32 Å². The summed E-state index contributed by atoms with van der Waals surface area (Å²) in [6.07, 6.45) is 0. The summed E-state index contributed by atoms with van der Waals surface area (Å²) in [4.78, 5) is 22.7. The van der Waals surface area contributed by atoms with Crippen LogP contribution in [-0.4, -0.2) is 31.2 Å². The summed E-state index contributed by atoms with van der Waals surface area (Å²) in [7, 11) is 1.56. The van der Waals surface area contributed by atoms with Crippen LogP contribution in [0.25, 0.3) is 0 Å². The average Bonchev–Trinajstić information content (AvgIpc) is 2.61. The van der Waals surface area contributed by atoms with Crippen molar-refractivity contribution in [3.63, 3.8) is 0 Å². The molecule has 0 aliphatic carbocycles. The van der Waals surface area contributed by atoms with Gasteiger partial charge < -0.3 is 14.8 Å². The number of ether oxygens (including phenoxy) is 2. The average molecular weight is 330 g/mol. The first-order valence-corrected chi connectivity index (χ1v) is 7.34. The van der Waals surface area contributed by atoms with Gasteiger partial charge in [-0.05, 0) is 11.6 Å². The van der Waals surface area contributed by atoms with Crippen LogP contribution in [-0.2, 0) is 16.1 Å². The number of nitro groups is 1. The van der Waals surface area contributed by atoms with E-state index in [2.05, 4.69) is 5.32 Å². The summed E-state index contributed by atoms with van der Waals surface area (Å²) in [6.45, 7) is 1.00. The van der Waals surface area contributed by atoms with Gasteiger partial charge in [-0.2, -0.15) is 0 Å². The molecule has 0 spiro atoms. The molecule has 0 heterocycles. The van der Waals surface area contributed by atoms with Crippen molar-refractivity contribution in [2.24, 2.45) is 0 Å². The standard InChI is InChI=1S/C17H18N2O5/c1-23-10-9-18-16-8-7-14(19(21)22)11-15(16)17(20)24-12-13-5-3-2-4-6-13/h2-8,11,18H,9-10,12H2,1H3. The lowest BCUT2D eigenvalue weighted by atomic mass is 10.1. The van der Waals surface area contributed by atoms with Gasteiger partial charge in [0.25, 0.3) is 5.69 Å². The fourth-order valence-electron chi connectivity index (χ4n) is 2.06. The molecule has 1 N–H and O–H groups in total. The van der Waals surface area contributed by atoms with Crippen molar-refractivity contribution >= 4 is 17.3 Å². The van der Waals surface area contributed by atoms with E-state index >= 15 is 0 Å². The lowest BCUT2D eigenvalue weighted by Crippen LogP contribution is -2.13. The molecule has 7 nitrogen and oxygen atoms in total. The van der Waals surface area contributed by atoms with E-state index in [4.69, 9.17) is 9.47 Å². The van der Waals surface area contributed by atoms with Crippen molar-refractivity contribution in [2.75, 3.05) is 25.6 Å². The molecule has 0 fully saturated rings. The van der Waals surface area contributed by atoms with Crippen molar-refractivity contribution in [3.8, 4) is 0 Å². The fraction of sp³-hybridized carbons (Fsp3) is 0.235. The molecule has 126 valence electrons. The summed E-state index contributed by atoms with van der Waals surface area (Å²) in [5.41, 5.74) is 1.26. The number of benzene rings is 2. The van der Waals surface area contributed by atoms with Crippen LogP contribution in [0, 0.1) is 10.1 Å². The number of methoxy groups -OCH3 is 1. The largest absolute Gasteiger partial charge is 0.457 e. The third-order valence-corrected chi connectivity index (χ3v) is 3.27. The Balaban J connectivity index is 2.15. The van der Waals surface area contributed by atoms with Gasteiger partial charge in [-0.1, -0.05) is 30.3 Å². The minimum atomic E-state index is -0.623. The molecule has 2 aromatic rings. The summed E-state index contributed by atoms with van der Waals surface area (Å²) in [5, 5.41) is 14.0. The van der Waals surface area contributed by atoms with E-state index in [-0.39, 0.29) is 17.9 Å². The van der Waals surface area contributed by atoms with E-state index in [1.165, 1.54) is 18.2 Å². The monoisotopic (exact) mass is 330 g/mol. The predicted octanol–water partition coefficient (Wildman–Crippen LogP) is 3.01. The van der Waals surface area contributed by atoms with Gasteiger partial charge in [0.2, 0.25) is 0 Å². The molecule has 0 aliphatic heterocycles. The zero-order chi connectivity index (χ0) is 17.4. The number of nitrogens with zero attached hydrogens (tertiary/aromatic N) is 1. The van der Waals surface area contributed by atoms with E-state index in [1.807, 2.05) is 30.3 Å². The second-order valence-corrected chi connectivity index (χ2v) is 4.97. The van der Waals surface area contributed by atoms with Gasteiger partial charge >= 0.3 is 5.97 Å². The van der Waals surface area contributed by atoms with Gasteiger partial charge in [0.05, 0.1) is 17.1 Å². The number of rotatable bonds is 8. The second-order valence-electron chi connectivity index (χ2n) is 4.97. The number of carbonyl (C=O) groups excluding carboxylic acids is 1. The third-order valence-electron chi connectivity index (χ3n) is 3.27. The number of hydrogen-bond donors (Lipinski definition) is 1. The number of hydrogen-bond acceptors (Lipinski definition) is 6. The molecule has 0 aromatic heterocycles. The van der Waals surface area contributed by atoms with Gasteiger partial charge in [-0.3, -0.25) is 10.1 Å². The molecule has 7 heteroatoms. The van der Waals surface area contributed by atoms with Crippen LogP contribution in [0.1, 0.15) is 15.9 Å². The highest BCUT2D eigenvalue weighted by atomic mass is 16.6. The van der Waals surface area contributed by atoms with E-state index in [9.17, 15) is 14.9 Å². The van der Waals surface area contributed by atoms with Crippen LogP contribution in [0.5, 0.6) is 0 Å². The van der Waals surface area contributed by atoms with Gasteiger partial charge in [0.1, 0.15) is 6.61 Å². The maximum Gasteiger partial charge on any atom is 0.340 e. The summed E-state index contributed by atoms with van der Waals surface area (Å²) >= 11 is 0. The second kappa shape index (κ2) is 8.64. The van der Waals surface area contributed by atoms with Gasteiger partial charge in [-0.25, -0.2) is 4.79 Å². The van der Waals surface area contributed by atoms with Gasteiger partial charge in [-0.15, -0.1) is 0 Å². The predicted molar refractivity (Wildman–Crippen MR) is 89.0 cm³/mol. The lowest BCUT2D eigenvalue weighted by Gasteiger charge is -2.11. The van der Waals surface area contributed by atoms with E-state index < -0.39 is 10.9 Å². The zero-order valence-corrected chi connectivity index (χ0v) is 13.2. The van der Waals surface area contributed by atoms with Gasteiger partial charge in [0.15, 0.2) is 0 Å². The summed E-state index contributed by atoms with van der Waals surface area (Å²) in [5.74, 6) is -0.623. The fourth-order valence-corrected chi connectivity index (χ4v) is 2.06. The third kappa shape index (κ3) is 4.79. The molecule has 2 rings (SSSR count). The molecule has 0 radical (unpaired) electrons. The van der Waals surface area contributed by atoms with Crippen LogP contribution >= 0.6 is 0 Å². The topological polar surface area (TPSA) is 90.7 Å². The molecule has 0 bridgehead atoms. The molecule has 0 amide bonds. The minimum absolute atomic E-state index is 0.0971. The highest BCUT2D eigenvalue weighted by molar-refractivity contribution is 5.96. The summed E-state index contributed by atoms with van der Waals surface area (Å²) < 4.78 is 10.2. The first-order chi connectivity index (χ1) is 11.6. The zero-order valence-electron chi connectivity index (χ0n) is 13.2. The molecule has 0 unspecified atom stereocenters. The Kier molecular flexibility index (Phi) is 6.27. The number of nitro benzene ring substituents is 1. The van der Waals surface area contributed by atoms with E-state index in [0.717, 1.165) is 5.56 Å². The van der Waals surface area contributed by atoms with Crippen LogP contribution in [0.4, 0.5) is 11.4 Å². The Morgan fingerprint density at radius 1 is 1.21 bits per heavy atom. The first kappa shape index (κ1) is 17.4. The Morgan fingerprint density at radius 3 is 2.62 bits per heavy atom. The molecule has 0 atom stereocenters. The van der Waals surface area contributed by atoms with Crippen molar-refractivity contribution < 1.29 is 19.2 Å². The number of carbonyl (C=O) groups is 1. The van der Waals surface area contributed by atoms with Gasteiger partial charge in [0, 0.05) is 31.5 Å².